The summed E-state index contributed by atoms with van der Waals surface area (Å²) in [5.74, 6) is 1.86. The summed E-state index contributed by atoms with van der Waals surface area (Å²) < 4.78 is 5.73. The lowest BCUT2D eigenvalue weighted by Gasteiger charge is -2.34. The largest absolute Gasteiger partial charge is 0.416 e. The Morgan fingerprint density at radius 2 is 1.80 bits per heavy atom. The van der Waals surface area contributed by atoms with E-state index in [0.717, 1.165) is 49.6 Å². The minimum Gasteiger partial charge on any atom is -0.416 e. The van der Waals surface area contributed by atoms with Crippen LogP contribution in [0.3, 0.4) is 0 Å². The Morgan fingerprint density at radius 1 is 1.00 bits per heavy atom. The first-order valence-corrected chi connectivity index (χ1v) is 12.8. The predicted octanol–water partition coefficient (Wildman–Crippen LogP) is 3.68. The zero-order valence-corrected chi connectivity index (χ0v) is 20.3. The van der Waals surface area contributed by atoms with E-state index in [4.69, 9.17) is 4.42 Å². The molecule has 0 atom stereocenters. The minimum atomic E-state index is 0.108. The normalized spacial score (nSPS) is 14.8. The van der Waals surface area contributed by atoms with Gasteiger partial charge in [-0.2, -0.15) is 0 Å². The van der Waals surface area contributed by atoms with Crippen LogP contribution in [0.2, 0.25) is 0 Å². The highest BCUT2D eigenvalue weighted by Crippen LogP contribution is 2.18. The number of piperazine rings is 1. The Balaban J connectivity index is 1.02. The molecule has 1 aliphatic rings. The number of aryl methyl sites for hydroxylation is 2. The number of aromatic amines is 1. The Labute approximate surface area is 208 Å². The first-order valence-electron chi connectivity index (χ1n) is 11.8. The zero-order valence-electron chi connectivity index (χ0n) is 19.5. The molecule has 180 valence electrons. The van der Waals surface area contributed by atoms with Crippen molar-refractivity contribution in [2.75, 3.05) is 38.5 Å². The number of aromatic nitrogens is 4. The topological polar surface area (TPSA) is 91.1 Å². The van der Waals surface area contributed by atoms with Crippen molar-refractivity contribution in [2.45, 2.75) is 18.1 Å². The highest BCUT2D eigenvalue weighted by Gasteiger charge is 2.21. The molecule has 0 unspecified atom stereocenters. The number of amides is 1. The summed E-state index contributed by atoms with van der Waals surface area (Å²) in [6, 6.07) is 18.2. The Bertz CT molecular complexity index is 1240. The van der Waals surface area contributed by atoms with Crippen molar-refractivity contribution >= 4 is 34.8 Å². The van der Waals surface area contributed by atoms with E-state index in [9.17, 15) is 4.79 Å². The fourth-order valence-corrected chi connectivity index (χ4v) is 4.73. The maximum atomic E-state index is 12.7. The summed E-state index contributed by atoms with van der Waals surface area (Å²) in [7, 11) is 0. The number of benzene rings is 2. The Hall–Kier alpha value is -3.43. The molecule has 35 heavy (non-hydrogen) atoms. The molecular weight excluding hydrogens is 460 g/mol. The van der Waals surface area contributed by atoms with Gasteiger partial charge >= 0.3 is 0 Å². The van der Waals surface area contributed by atoms with Crippen molar-refractivity contribution in [1.82, 2.24) is 30.0 Å². The third kappa shape index (κ3) is 6.37. The van der Waals surface area contributed by atoms with E-state index in [1.807, 2.05) is 47.4 Å². The van der Waals surface area contributed by atoms with Crippen molar-refractivity contribution in [3.63, 3.8) is 0 Å². The number of carbonyl (C=O) groups is 1. The van der Waals surface area contributed by atoms with Crippen LogP contribution in [0.15, 0.2) is 70.3 Å². The van der Waals surface area contributed by atoms with E-state index in [1.54, 1.807) is 0 Å². The smallest absolute Gasteiger partial charge is 0.277 e. The lowest BCUT2D eigenvalue weighted by molar-refractivity contribution is -0.130. The third-order valence-corrected chi connectivity index (χ3v) is 6.78. The molecule has 1 aliphatic heterocycles. The van der Waals surface area contributed by atoms with Gasteiger partial charge in [-0.1, -0.05) is 66.4 Å². The highest BCUT2D eigenvalue weighted by atomic mass is 32.2. The number of rotatable bonds is 9. The van der Waals surface area contributed by atoms with Crippen LogP contribution >= 0.6 is 11.8 Å². The van der Waals surface area contributed by atoms with Gasteiger partial charge in [0.25, 0.3) is 5.22 Å². The summed E-state index contributed by atoms with van der Waals surface area (Å²) in [5.41, 5.74) is 3.18. The van der Waals surface area contributed by atoms with Gasteiger partial charge in [0.05, 0.1) is 16.8 Å². The van der Waals surface area contributed by atoms with Gasteiger partial charge in [-0.15, -0.1) is 10.2 Å². The van der Waals surface area contributed by atoms with Crippen LogP contribution in [-0.2, 0) is 17.6 Å². The highest BCUT2D eigenvalue weighted by molar-refractivity contribution is 7.99. The molecule has 0 bridgehead atoms. The fourth-order valence-electron chi connectivity index (χ4n) is 4.04. The minimum absolute atomic E-state index is 0.108. The fraction of sp³-hybridized carbons (Fsp3) is 0.308. The molecule has 3 heterocycles. The van der Waals surface area contributed by atoms with Gasteiger partial charge in [-0.25, -0.2) is 4.98 Å². The Kier molecular flexibility index (Phi) is 7.55. The van der Waals surface area contributed by atoms with E-state index in [1.165, 1.54) is 17.3 Å². The third-order valence-electron chi connectivity index (χ3n) is 5.98. The van der Waals surface area contributed by atoms with Gasteiger partial charge in [-0.3, -0.25) is 9.69 Å². The summed E-state index contributed by atoms with van der Waals surface area (Å²) in [6.45, 7) is 4.13. The number of thioether (sulfide) groups is 1. The van der Waals surface area contributed by atoms with E-state index in [2.05, 4.69) is 49.4 Å². The molecule has 1 saturated heterocycles. The van der Waals surface area contributed by atoms with Crippen LogP contribution in [0.4, 0.5) is 0 Å². The van der Waals surface area contributed by atoms with E-state index in [0.29, 0.717) is 29.7 Å². The molecular formula is C26H28N6O2S. The molecule has 1 fully saturated rings. The quantitative estimate of drug-likeness (QED) is 0.359. The number of H-pyrrole nitrogens is 1. The monoisotopic (exact) mass is 488 g/mol. The number of imidazole rings is 1. The first kappa shape index (κ1) is 23.3. The predicted molar refractivity (Wildman–Crippen MR) is 137 cm³/mol. The molecule has 0 saturated carbocycles. The number of fused-ring (bicyclic) bond motifs is 1. The van der Waals surface area contributed by atoms with Gasteiger partial charge in [0, 0.05) is 45.6 Å². The number of hydrogen-bond acceptors (Lipinski definition) is 7. The zero-order chi connectivity index (χ0) is 23.9. The van der Waals surface area contributed by atoms with E-state index in [-0.39, 0.29) is 5.91 Å². The molecule has 2 aromatic heterocycles. The number of hydrogen-bond donors (Lipinski definition) is 1. The molecule has 8 nitrogen and oxygen atoms in total. The van der Waals surface area contributed by atoms with Gasteiger partial charge in [0.2, 0.25) is 11.8 Å². The summed E-state index contributed by atoms with van der Waals surface area (Å²) >= 11 is 1.30. The van der Waals surface area contributed by atoms with E-state index < -0.39 is 0 Å². The molecule has 0 radical (unpaired) electrons. The lowest BCUT2D eigenvalue weighted by atomic mass is 10.2. The average Bonchev–Trinajstić information content (AvgIpc) is 3.53. The average molecular weight is 489 g/mol. The van der Waals surface area contributed by atoms with Crippen LogP contribution in [-0.4, -0.2) is 74.3 Å². The van der Waals surface area contributed by atoms with Crippen molar-refractivity contribution in [3.8, 4) is 0 Å². The SMILES string of the molecule is O=C(CSc1nnc(CCc2nc3ccccc3[nH]2)o1)N1CCN(C/C=C/c2ccccc2)CC1. The van der Waals surface area contributed by atoms with Crippen molar-refractivity contribution in [3.05, 3.63) is 78.0 Å². The van der Waals surface area contributed by atoms with Gasteiger partial charge in [0.15, 0.2) is 0 Å². The van der Waals surface area contributed by atoms with Crippen LogP contribution in [0, 0.1) is 0 Å². The summed E-state index contributed by atoms with van der Waals surface area (Å²) in [4.78, 5) is 24.8. The second kappa shape index (κ2) is 11.3. The maximum absolute atomic E-state index is 12.7. The number of para-hydroxylation sites is 2. The molecule has 4 aromatic rings. The molecule has 1 N–H and O–H groups in total. The van der Waals surface area contributed by atoms with Crippen molar-refractivity contribution < 1.29 is 9.21 Å². The molecule has 2 aromatic carbocycles. The first-order chi connectivity index (χ1) is 17.2. The lowest BCUT2D eigenvalue weighted by Crippen LogP contribution is -2.49. The second-order valence-corrected chi connectivity index (χ2v) is 9.37. The van der Waals surface area contributed by atoms with E-state index >= 15 is 0 Å². The van der Waals surface area contributed by atoms with Crippen LogP contribution in [0.1, 0.15) is 17.3 Å². The second-order valence-electron chi connectivity index (χ2n) is 8.45. The van der Waals surface area contributed by atoms with Crippen LogP contribution in [0.25, 0.3) is 17.1 Å². The molecule has 0 spiro atoms. The molecule has 1 amide bonds. The van der Waals surface area contributed by atoms with Crippen molar-refractivity contribution in [2.24, 2.45) is 0 Å². The number of nitrogens with one attached hydrogen (secondary N) is 1. The van der Waals surface area contributed by atoms with Gasteiger partial charge in [0.1, 0.15) is 5.82 Å². The molecule has 5 rings (SSSR count). The molecule has 0 aliphatic carbocycles. The number of carbonyl (C=O) groups excluding carboxylic acids is 1. The number of nitrogens with zero attached hydrogens (tertiary/aromatic N) is 5. The van der Waals surface area contributed by atoms with Crippen LogP contribution in [0.5, 0.6) is 0 Å². The standard InChI is InChI=1S/C26H28N6O2S/c33-25(32-17-15-31(16-18-32)14-6-9-20-7-2-1-3-8-20)19-35-26-30-29-24(34-26)13-12-23-27-21-10-4-5-11-22(21)28-23/h1-11H,12-19H2,(H,27,28)/b9-6+. The summed E-state index contributed by atoms with van der Waals surface area (Å²) in [6.07, 6.45) is 5.61. The van der Waals surface area contributed by atoms with Crippen molar-refractivity contribution in [1.29, 1.82) is 0 Å². The summed E-state index contributed by atoms with van der Waals surface area (Å²) in [5, 5.41) is 8.64. The molecule has 9 heteroatoms. The van der Waals surface area contributed by atoms with Crippen LogP contribution < -0.4 is 0 Å². The van der Waals surface area contributed by atoms with Gasteiger partial charge in [-0.05, 0) is 17.7 Å². The maximum Gasteiger partial charge on any atom is 0.277 e. The van der Waals surface area contributed by atoms with Gasteiger partial charge < -0.3 is 14.3 Å². The Morgan fingerprint density at radius 3 is 2.63 bits per heavy atom.